The highest BCUT2D eigenvalue weighted by Crippen LogP contribution is 2.56. The quantitative estimate of drug-likeness (QED) is 0.401. The first-order valence-electron chi connectivity index (χ1n) is 10.1. The van der Waals surface area contributed by atoms with Crippen LogP contribution in [0.25, 0.3) is 21.7 Å². The number of nitrogens with zero attached hydrogens (tertiary/aromatic N) is 1. The van der Waals surface area contributed by atoms with Gasteiger partial charge in [0.1, 0.15) is 12.2 Å². The molecule has 2 bridgehead atoms. The van der Waals surface area contributed by atoms with Gasteiger partial charge in [-0.15, -0.1) is 0 Å². The third-order valence-corrected chi connectivity index (χ3v) is 6.49. The summed E-state index contributed by atoms with van der Waals surface area (Å²) in [5, 5.41) is 3.96. The van der Waals surface area contributed by atoms with E-state index in [1.54, 1.807) is 0 Å². The molecule has 2 nitrogen and oxygen atoms in total. The Morgan fingerprint density at radius 2 is 1.67 bits per heavy atom. The van der Waals surface area contributed by atoms with Crippen molar-refractivity contribution >= 4 is 21.7 Å². The van der Waals surface area contributed by atoms with Crippen molar-refractivity contribution in [1.29, 1.82) is 0 Å². The second-order valence-corrected chi connectivity index (χ2v) is 8.09. The first-order valence-corrected chi connectivity index (χ1v) is 10.1. The molecule has 6 rings (SSSR count). The average molecular weight is 353 g/mol. The third kappa shape index (κ3) is 1.99. The number of fused-ring (bicyclic) bond motifs is 11. The van der Waals surface area contributed by atoms with Crippen molar-refractivity contribution in [3.8, 4) is 0 Å². The van der Waals surface area contributed by atoms with Crippen LogP contribution in [0.5, 0.6) is 0 Å². The summed E-state index contributed by atoms with van der Waals surface area (Å²) in [5.74, 6) is 0. The molecule has 0 saturated heterocycles. The summed E-state index contributed by atoms with van der Waals surface area (Å²) < 4.78 is 8.94. The predicted molar refractivity (Wildman–Crippen MR) is 110 cm³/mol. The van der Waals surface area contributed by atoms with Gasteiger partial charge in [-0.2, -0.15) is 0 Å². The first-order chi connectivity index (χ1) is 13.3. The van der Waals surface area contributed by atoms with Crippen LogP contribution in [0, 0.1) is 0 Å². The van der Waals surface area contributed by atoms with Gasteiger partial charge < -0.3 is 9.30 Å². The van der Waals surface area contributed by atoms with Crippen molar-refractivity contribution in [1.82, 2.24) is 4.57 Å². The van der Waals surface area contributed by atoms with E-state index in [0.717, 1.165) is 0 Å². The van der Waals surface area contributed by atoms with Crippen LogP contribution in [-0.2, 0) is 4.74 Å². The van der Waals surface area contributed by atoms with E-state index in [2.05, 4.69) is 79.2 Å². The Kier molecular flexibility index (Phi) is 3.13. The topological polar surface area (TPSA) is 14.2 Å². The zero-order valence-electron chi connectivity index (χ0n) is 15.8. The Labute approximate surface area is 159 Å². The molecule has 2 aliphatic heterocycles. The molecule has 0 saturated carbocycles. The molecule has 0 radical (unpaired) electrons. The molecule has 27 heavy (non-hydrogen) atoms. The monoisotopic (exact) mass is 353 g/mol. The van der Waals surface area contributed by atoms with Crippen LogP contribution in [0.4, 0.5) is 0 Å². The van der Waals surface area contributed by atoms with Gasteiger partial charge in [0.2, 0.25) is 0 Å². The number of aromatic nitrogens is 1. The summed E-state index contributed by atoms with van der Waals surface area (Å²) >= 11 is 0. The standard InChI is InChI=1S/C25H23NO/c1-3-6-15(2)26-12-11-18-22(26)10-9-19-23(18)25-21-14-17-8-5-4-7-16(17)13-20(21)24(19)27-25/h4-5,7-15,24-25H,3,6H2,1-2H3. The molecule has 3 unspecified atom stereocenters. The molecule has 2 heteroatoms. The maximum absolute atomic E-state index is 6.50. The Hall–Kier alpha value is -2.58. The molecule has 0 spiro atoms. The maximum atomic E-state index is 6.50. The van der Waals surface area contributed by atoms with Crippen molar-refractivity contribution in [3.63, 3.8) is 0 Å². The molecule has 0 aliphatic carbocycles. The summed E-state index contributed by atoms with van der Waals surface area (Å²) in [6.45, 7) is 4.58. The highest BCUT2D eigenvalue weighted by Gasteiger charge is 2.44. The fourth-order valence-electron chi connectivity index (χ4n) is 5.22. The van der Waals surface area contributed by atoms with Crippen molar-refractivity contribution in [2.24, 2.45) is 0 Å². The molecule has 0 N–H and O–H groups in total. The minimum Gasteiger partial charge on any atom is -0.356 e. The Morgan fingerprint density at radius 3 is 2.41 bits per heavy atom. The van der Waals surface area contributed by atoms with Crippen LogP contribution in [-0.4, -0.2) is 4.57 Å². The molecule has 0 amide bonds. The van der Waals surface area contributed by atoms with Gasteiger partial charge in [0.05, 0.1) is 0 Å². The number of benzene rings is 3. The van der Waals surface area contributed by atoms with E-state index in [0.29, 0.717) is 6.04 Å². The van der Waals surface area contributed by atoms with Gasteiger partial charge in [0, 0.05) is 28.7 Å². The summed E-state index contributed by atoms with van der Waals surface area (Å²) in [4.78, 5) is 0. The van der Waals surface area contributed by atoms with Gasteiger partial charge >= 0.3 is 0 Å². The largest absolute Gasteiger partial charge is 0.356 e. The number of rotatable bonds is 3. The van der Waals surface area contributed by atoms with Crippen LogP contribution < -0.4 is 0 Å². The fraction of sp³-hybridized carbons (Fsp3) is 0.280. The minimum absolute atomic E-state index is 0.0747. The second-order valence-electron chi connectivity index (χ2n) is 8.09. The SMILES string of the molecule is CCCC(C)n1ccc2c3c(ccc21)C1OC3c2cc3ccccc3cc21. The lowest BCUT2D eigenvalue weighted by Gasteiger charge is -2.19. The highest BCUT2D eigenvalue weighted by molar-refractivity contribution is 5.90. The van der Waals surface area contributed by atoms with Crippen molar-refractivity contribution in [2.75, 3.05) is 0 Å². The van der Waals surface area contributed by atoms with Gasteiger partial charge in [0.25, 0.3) is 0 Å². The zero-order chi connectivity index (χ0) is 18.1. The van der Waals surface area contributed by atoms with Crippen LogP contribution in [0.15, 0.2) is 60.8 Å². The van der Waals surface area contributed by atoms with Crippen LogP contribution in [0.3, 0.4) is 0 Å². The Bertz CT molecular complexity index is 1200. The van der Waals surface area contributed by atoms with E-state index in [-0.39, 0.29) is 12.2 Å². The van der Waals surface area contributed by atoms with E-state index in [4.69, 9.17) is 4.74 Å². The van der Waals surface area contributed by atoms with E-state index < -0.39 is 0 Å². The van der Waals surface area contributed by atoms with Crippen LogP contribution in [0.2, 0.25) is 0 Å². The van der Waals surface area contributed by atoms with Gasteiger partial charge in [-0.3, -0.25) is 0 Å². The van der Waals surface area contributed by atoms with Crippen LogP contribution in [0.1, 0.15) is 67.2 Å². The fourth-order valence-corrected chi connectivity index (χ4v) is 5.22. The molecule has 4 aromatic rings. The van der Waals surface area contributed by atoms with Crippen LogP contribution >= 0.6 is 0 Å². The number of hydrogen-bond donors (Lipinski definition) is 0. The molecule has 3 atom stereocenters. The normalized spacial score (nSPS) is 21.0. The molecule has 3 aromatic carbocycles. The van der Waals surface area contributed by atoms with Gasteiger partial charge in [0.15, 0.2) is 0 Å². The van der Waals surface area contributed by atoms with Gasteiger partial charge in [-0.05, 0) is 65.1 Å². The van der Waals surface area contributed by atoms with E-state index in [1.165, 1.54) is 56.8 Å². The lowest BCUT2D eigenvalue weighted by Crippen LogP contribution is -2.06. The first kappa shape index (κ1) is 15.5. The zero-order valence-corrected chi connectivity index (χ0v) is 15.8. The van der Waals surface area contributed by atoms with Gasteiger partial charge in [-0.1, -0.05) is 43.7 Å². The molecule has 1 aromatic heterocycles. The third-order valence-electron chi connectivity index (χ3n) is 6.49. The molecular weight excluding hydrogens is 330 g/mol. The molecular formula is C25H23NO. The predicted octanol–water partition coefficient (Wildman–Crippen LogP) is 6.68. The number of hydrogen-bond acceptors (Lipinski definition) is 1. The Balaban J connectivity index is 1.54. The number of ether oxygens (including phenoxy) is 1. The van der Waals surface area contributed by atoms with Gasteiger partial charge in [-0.25, -0.2) is 0 Å². The smallest absolute Gasteiger partial charge is 0.110 e. The van der Waals surface area contributed by atoms with E-state index in [9.17, 15) is 0 Å². The minimum atomic E-state index is 0.0747. The van der Waals surface area contributed by atoms with Crippen molar-refractivity contribution in [3.05, 3.63) is 83.0 Å². The lowest BCUT2D eigenvalue weighted by molar-refractivity contribution is 0.0862. The highest BCUT2D eigenvalue weighted by atomic mass is 16.5. The second kappa shape index (κ2) is 5.46. The van der Waals surface area contributed by atoms with Crippen molar-refractivity contribution in [2.45, 2.75) is 44.9 Å². The molecule has 2 aliphatic rings. The van der Waals surface area contributed by atoms with E-state index >= 15 is 0 Å². The molecule has 3 heterocycles. The average Bonchev–Trinajstić information content (AvgIpc) is 3.37. The summed E-state index contributed by atoms with van der Waals surface area (Å²) in [7, 11) is 0. The summed E-state index contributed by atoms with van der Waals surface area (Å²) in [5.41, 5.74) is 6.80. The maximum Gasteiger partial charge on any atom is 0.110 e. The Morgan fingerprint density at radius 1 is 0.926 bits per heavy atom. The van der Waals surface area contributed by atoms with E-state index in [1.807, 2.05) is 0 Å². The summed E-state index contributed by atoms with van der Waals surface area (Å²) in [6.07, 6.45) is 4.84. The lowest BCUT2D eigenvalue weighted by atomic mass is 9.83. The van der Waals surface area contributed by atoms with Crippen molar-refractivity contribution < 1.29 is 4.74 Å². The summed E-state index contributed by atoms with van der Waals surface area (Å²) in [6, 6.07) is 20.7. The molecule has 0 fully saturated rings. The molecule has 134 valence electrons.